The molecule has 2 aromatic rings. The zero-order valence-corrected chi connectivity index (χ0v) is 10.7. The summed E-state index contributed by atoms with van der Waals surface area (Å²) in [5.74, 6) is -2.13. The molecule has 0 spiro atoms. The fraction of sp³-hybridized carbons (Fsp3) is 0.143. The van der Waals surface area contributed by atoms with Gasteiger partial charge in [-0.2, -0.15) is 0 Å². The summed E-state index contributed by atoms with van der Waals surface area (Å²) in [5.41, 5.74) is -0.0438. The minimum Gasteiger partial charge on any atom is -0.494 e. The van der Waals surface area contributed by atoms with Crippen LogP contribution in [0.25, 0.3) is 0 Å². The third kappa shape index (κ3) is 2.68. The molecule has 0 aromatic heterocycles. The Morgan fingerprint density at radius 2 is 1.63 bits per heavy atom. The van der Waals surface area contributed by atoms with Gasteiger partial charge in [0.25, 0.3) is 0 Å². The van der Waals surface area contributed by atoms with Crippen molar-refractivity contribution in [3.05, 3.63) is 65.0 Å². The van der Waals surface area contributed by atoms with Crippen molar-refractivity contribution < 1.29 is 17.9 Å². The predicted octanol–water partition coefficient (Wildman–Crippen LogP) is 4.44. The minimum absolute atomic E-state index is 0.0432. The molecule has 2 rings (SSSR count). The average Bonchev–Trinajstić information content (AvgIpc) is 2.38. The summed E-state index contributed by atoms with van der Waals surface area (Å²) in [6, 6.07) is 7.38. The van der Waals surface area contributed by atoms with Gasteiger partial charge in [0.2, 0.25) is 0 Å². The molecule has 0 bridgehead atoms. The van der Waals surface area contributed by atoms with Crippen molar-refractivity contribution in [2.75, 3.05) is 7.11 Å². The van der Waals surface area contributed by atoms with E-state index in [4.69, 9.17) is 16.3 Å². The summed E-state index contributed by atoms with van der Waals surface area (Å²) in [7, 11) is 1.33. The Labute approximate surface area is 113 Å². The molecular formula is C14H10ClF3O. The Morgan fingerprint density at radius 3 is 2.16 bits per heavy atom. The Morgan fingerprint density at radius 1 is 1.00 bits per heavy atom. The van der Waals surface area contributed by atoms with Crippen LogP contribution in [-0.4, -0.2) is 7.11 Å². The number of rotatable bonds is 3. The first-order valence-corrected chi connectivity index (χ1v) is 5.89. The highest BCUT2D eigenvalue weighted by atomic mass is 35.5. The maximum atomic E-state index is 13.6. The molecule has 0 radical (unpaired) electrons. The van der Waals surface area contributed by atoms with E-state index in [-0.39, 0.29) is 16.9 Å². The van der Waals surface area contributed by atoms with Gasteiger partial charge in [0.05, 0.1) is 12.5 Å². The van der Waals surface area contributed by atoms with E-state index < -0.39 is 22.8 Å². The molecule has 0 fully saturated rings. The molecule has 100 valence electrons. The zero-order chi connectivity index (χ0) is 14.0. The lowest BCUT2D eigenvalue weighted by Crippen LogP contribution is -2.01. The van der Waals surface area contributed by atoms with E-state index >= 15 is 0 Å². The standard InChI is InChI=1S/C14H10ClF3O/c1-19-12-6-5-8(7-11(12)18)14(15)13-9(16)3-2-4-10(13)17/h2-7,14H,1H3. The van der Waals surface area contributed by atoms with Gasteiger partial charge in [-0.25, -0.2) is 13.2 Å². The first-order valence-electron chi connectivity index (χ1n) is 5.46. The summed E-state index contributed by atoms with van der Waals surface area (Å²) in [6.07, 6.45) is 0. The summed E-state index contributed by atoms with van der Waals surface area (Å²) in [6.45, 7) is 0. The number of halogens is 4. The molecular weight excluding hydrogens is 277 g/mol. The maximum Gasteiger partial charge on any atom is 0.165 e. The molecule has 0 aliphatic heterocycles. The second kappa shape index (κ2) is 5.53. The fourth-order valence-corrected chi connectivity index (χ4v) is 2.10. The molecule has 0 aliphatic rings. The molecule has 1 nitrogen and oxygen atoms in total. The van der Waals surface area contributed by atoms with E-state index in [9.17, 15) is 13.2 Å². The van der Waals surface area contributed by atoms with Crippen LogP contribution in [0.5, 0.6) is 5.75 Å². The van der Waals surface area contributed by atoms with Crippen LogP contribution in [0.2, 0.25) is 0 Å². The van der Waals surface area contributed by atoms with Gasteiger partial charge in [-0.15, -0.1) is 11.6 Å². The van der Waals surface area contributed by atoms with E-state index in [0.717, 1.165) is 18.2 Å². The van der Waals surface area contributed by atoms with Crippen LogP contribution in [0.3, 0.4) is 0 Å². The number of benzene rings is 2. The van der Waals surface area contributed by atoms with Crippen molar-refractivity contribution in [2.24, 2.45) is 0 Å². The normalized spacial score (nSPS) is 12.3. The van der Waals surface area contributed by atoms with Crippen LogP contribution < -0.4 is 4.74 Å². The smallest absolute Gasteiger partial charge is 0.165 e. The SMILES string of the molecule is COc1ccc(C(Cl)c2c(F)cccc2F)cc1F. The number of hydrogen-bond donors (Lipinski definition) is 0. The van der Waals surface area contributed by atoms with Crippen LogP contribution in [0, 0.1) is 17.5 Å². The highest BCUT2D eigenvalue weighted by Crippen LogP contribution is 2.34. The highest BCUT2D eigenvalue weighted by Gasteiger charge is 2.20. The van der Waals surface area contributed by atoms with Crippen molar-refractivity contribution in [1.82, 2.24) is 0 Å². The number of alkyl halides is 1. The van der Waals surface area contributed by atoms with Gasteiger partial charge in [-0.3, -0.25) is 0 Å². The predicted molar refractivity (Wildman–Crippen MR) is 67.0 cm³/mol. The number of ether oxygens (including phenoxy) is 1. The third-order valence-electron chi connectivity index (χ3n) is 2.72. The summed E-state index contributed by atoms with van der Waals surface area (Å²) >= 11 is 6.02. The van der Waals surface area contributed by atoms with Gasteiger partial charge in [0.15, 0.2) is 11.6 Å². The van der Waals surface area contributed by atoms with E-state index in [0.29, 0.717) is 0 Å². The number of hydrogen-bond acceptors (Lipinski definition) is 1. The summed E-state index contributed by atoms with van der Waals surface area (Å²) in [4.78, 5) is 0. The van der Waals surface area contributed by atoms with Crippen LogP contribution in [0.15, 0.2) is 36.4 Å². The number of methoxy groups -OCH3 is 1. The lowest BCUT2D eigenvalue weighted by molar-refractivity contribution is 0.386. The Kier molecular flexibility index (Phi) is 4.00. The van der Waals surface area contributed by atoms with Gasteiger partial charge in [-0.1, -0.05) is 12.1 Å². The van der Waals surface area contributed by atoms with E-state index in [1.807, 2.05) is 0 Å². The fourth-order valence-electron chi connectivity index (χ4n) is 1.76. The van der Waals surface area contributed by atoms with Crippen molar-refractivity contribution in [3.63, 3.8) is 0 Å². The van der Waals surface area contributed by atoms with Crippen LogP contribution in [0.4, 0.5) is 13.2 Å². The molecule has 0 N–H and O–H groups in total. The van der Waals surface area contributed by atoms with Gasteiger partial charge >= 0.3 is 0 Å². The third-order valence-corrected chi connectivity index (χ3v) is 3.19. The van der Waals surface area contributed by atoms with Crippen molar-refractivity contribution in [3.8, 4) is 5.75 Å². The second-order valence-electron chi connectivity index (χ2n) is 3.89. The van der Waals surface area contributed by atoms with Crippen LogP contribution in [0.1, 0.15) is 16.5 Å². The minimum atomic E-state index is -1.11. The summed E-state index contributed by atoms with van der Waals surface area (Å²) < 4.78 is 45.5. The molecule has 0 aliphatic carbocycles. The van der Waals surface area contributed by atoms with Crippen molar-refractivity contribution >= 4 is 11.6 Å². The lowest BCUT2D eigenvalue weighted by Gasteiger charge is -2.13. The van der Waals surface area contributed by atoms with E-state index in [1.165, 1.54) is 25.3 Å². The Hall–Kier alpha value is -1.68. The monoisotopic (exact) mass is 286 g/mol. The first-order chi connectivity index (χ1) is 9.04. The molecule has 5 heteroatoms. The maximum absolute atomic E-state index is 13.6. The molecule has 2 aromatic carbocycles. The highest BCUT2D eigenvalue weighted by molar-refractivity contribution is 6.22. The molecule has 0 saturated heterocycles. The molecule has 1 atom stereocenters. The second-order valence-corrected chi connectivity index (χ2v) is 4.33. The van der Waals surface area contributed by atoms with E-state index in [2.05, 4.69) is 0 Å². The molecule has 19 heavy (non-hydrogen) atoms. The average molecular weight is 287 g/mol. The van der Waals surface area contributed by atoms with Crippen LogP contribution >= 0.6 is 11.6 Å². The largest absolute Gasteiger partial charge is 0.494 e. The molecule has 0 saturated carbocycles. The Bertz CT molecular complexity index is 581. The first kappa shape index (κ1) is 13.7. The molecule has 0 heterocycles. The molecule has 0 amide bonds. The Balaban J connectivity index is 2.44. The van der Waals surface area contributed by atoms with Gasteiger partial charge in [-0.05, 0) is 29.8 Å². The van der Waals surface area contributed by atoms with E-state index in [1.54, 1.807) is 0 Å². The van der Waals surface area contributed by atoms with Crippen molar-refractivity contribution in [2.45, 2.75) is 5.38 Å². The van der Waals surface area contributed by atoms with Gasteiger partial charge in [0, 0.05) is 5.56 Å². The lowest BCUT2D eigenvalue weighted by atomic mass is 10.0. The quantitative estimate of drug-likeness (QED) is 0.758. The van der Waals surface area contributed by atoms with Gasteiger partial charge < -0.3 is 4.74 Å². The molecule has 1 unspecified atom stereocenters. The topological polar surface area (TPSA) is 9.23 Å². The van der Waals surface area contributed by atoms with Crippen molar-refractivity contribution in [1.29, 1.82) is 0 Å². The van der Waals surface area contributed by atoms with Crippen LogP contribution in [-0.2, 0) is 0 Å². The zero-order valence-electron chi connectivity index (χ0n) is 9.96. The summed E-state index contributed by atoms with van der Waals surface area (Å²) in [5, 5.41) is -1.11. The van der Waals surface area contributed by atoms with Gasteiger partial charge in [0.1, 0.15) is 11.6 Å².